The molecule has 0 aromatic carbocycles. The molecule has 2 unspecified atom stereocenters. The number of rotatable bonds is 6. The molecule has 0 spiro atoms. The number of aromatic nitrogens is 2. The minimum absolute atomic E-state index is 0.893. The Hall–Kier alpha value is -0.830. The molecule has 1 fully saturated rings. The molecule has 3 heteroatoms. The third kappa shape index (κ3) is 2.81. The SMILES string of the molecule is CCCNCc1cncn1CC1CC1C. The number of hydrogen-bond donors (Lipinski definition) is 1. The van der Waals surface area contributed by atoms with Gasteiger partial charge in [-0.2, -0.15) is 0 Å². The topological polar surface area (TPSA) is 29.9 Å². The van der Waals surface area contributed by atoms with Crippen molar-refractivity contribution in [2.45, 2.75) is 39.8 Å². The normalized spacial score (nSPS) is 24.4. The monoisotopic (exact) mass is 207 g/mol. The molecule has 1 saturated carbocycles. The highest BCUT2D eigenvalue weighted by molar-refractivity contribution is 4.99. The van der Waals surface area contributed by atoms with Gasteiger partial charge in [0.05, 0.1) is 12.0 Å². The molecule has 0 amide bonds. The Morgan fingerprint density at radius 1 is 1.60 bits per heavy atom. The van der Waals surface area contributed by atoms with Crippen LogP contribution in [0.1, 0.15) is 32.4 Å². The molecule has 1 aromatic rings. The summed E-state index contributed by atoms with van der Waals surface area (Å²) >= 11 is 0. The average molecular weight is 207 g/mol. The first-order valence-electron chi connectivity index (χ1n) is 6.01. The van der Waals surface area contributed by atoms with E-state index in [4.69, 9.17) is 0 Å². The first-order valence-corrected chi connectivity index (χ1v) is 6.01. The molecule has 0 saturated heterocycles. The molecule has 1 N–H and O–H groups in total. The summed E-state index contributed by atoms with van der Waals surface area (Å²) in [5.74, 6) is 1.81. The van der Waals surface area contributed by atoms with Crippen molar-refractivity contribution in [3.63, 3.8) is 0 Å². The van der Waals surface area contributed by atoms with Crippen molar-refractivity contribution in [2.75, 3.05) is 6.54 Å². The molecule has 84 valence electrons. The van der Waals surface area contributed by atoms with Crippen LogP contribution < -0.4 is 5.32 Å². The molecule has 1 heterocycles. The highest BCUT2D eigenvalue weighted by atomic mass is 15.1. The van der Waals surface area contributed by atoms with Gasteiger partial charge < -0.3 is 9.88 Å². The van der Waals surface area contributed by atoms with Crippen molar-refractivity contribution in [1.29, 1.82) is 0 Å². The fraction of sp³-hybridized carbons (Fsp3) is 0.750. The smallest absolute Gasteiger partial charge is 0.0948 e. The minimum Gasteiger partial charge on any atom is -0.333 e. The lowest BCUT2D eigenvalue weighted by atomic mass is 10.3. The average Bonchev–Trinajstić information content (AvgIpc) is 2.75. The first kappa shape index (κ1) is 10.7. The molecule has 15 heavy (non-hydrogen) atoms. The zero-order chi connectivity index (χ0) is 10.7. The van der Waals surface area contributed by atoms with Crippen molar-refractivity contribution in [3.05, 3.63) is 18.2 Å². The van der Waals surface area contributed by atoms with Crippen molar-refractivity contribution < 1.29 is 0 Å². The van der Waals surface area contributed by atoms with Crippen LogP contribution in [-0.2, 0) is 13.1 Å². The molecule has 0 radical (unpaired) electrons. The number of nitrogens with zero attached hydrogens (tertiary/aromatic N) is 2. The van der Waals surface area contributed by atoms with Crippen LogP contribution in [0, 0.1) is 11.8 Å². The van der Waals surface area contributed by atoms with Crippen LogP contribution in [0.3, 0.4) is 0 Å². The molecule has 1 aliphatic rings. The largest absolute Gasteiger partial charge is 0.333 e. The maximum atomic E-state index is 4.23. The molecule has 1 aromatic heterocycles. The van der Waals surface area contributed by atoms with Crippen LogP contribution in [-0.4, -0.2) is 16.1 Å². The van der Waals surface area contributed by atoms with Crippen molar-refractivity contribution in [2.24, 2.45) is 11.8 Å². The summed E-state index contributed by atoms with van der Waals surface area (Å²) in [5, 5.41) is 3.42. The second-order valence-electron chi connectivity index (χ2n) is 4.69. The summed E-state index contributed by atoms with van der Waals surface area (Å²) in [6.45, 7) is 7.72. The summed E-state index contributed by atoms with van der Waals surface area (Å²) in [5.41, 5.74) is 1.32. The van der Waals surface area contributed by atoms with Crippen molar-refractivity contribution in [1.82, 2.24) is 14.9 Å². The summed E-state index contributed by atoms with van der Waals surface area (Å²) in [6.07, 6.45) is 6.53. The van der Waals surface area contributed by atoms with Gasteiger partial charge in [-0.1, -0.05) is 13.8 Å². The number of hydrogen-bond acceptors (Lipinski definition) is 2. The predicted molar refractivity (Wildman–Crippen MR) is 61.5 cm³/mol. The van der Waals surface area contributed by atoms with Gasteiger partial charge in [0.25, 0.3) is 0 Å². The van der Waals surface area contributed by atoms with E-state index in [0.717, 1.165) is 31.5 Å². The second kappa shape index (κ2) is 4.79. The van der Waals surface area contributed by atoms with Crippen molar-refractivity contribution in [3.8, 4) is 0 Å². The molecule has 2 atom stereocenters. The Bertz CT molecular complexity index is 306. The Morgan fingerprint density at radius 2 is 2.40 bits per heavy atom. The standard InChI is InChI=1S/C12H21N3/c1-3-4-13-6-12-7-14-9-15(12)8-11-5-10(11)2/h7,9-11,13H,3-6,8H2,1-2H3. The number of nitrogens with one attached hydrogen (secondary N) is 1. The molecule has 0 aliphatic heterocycles. The molecule has 0 bridgehead atoms. The fourth-order valence-electron chi connectivity index (χ4n) is 1.96. The quantitative estimate of drug-likeness (QED) is 0.723. The van der Waals surface area contributed by atoms with Crippen LogP contribution in [0.2, 0.25) is 0 Å². The van der Waals surface area contributed by atoms with Gasteiger partial charge >= 0.3 is 0 Å². The molecule has 1 aliphatic carbocycles. The lowest BCUT2D eigenvalue weighted by molar-refractivity contribution is 0.553. The van der Waals surface area contributed by atoms with E-state index in [9.17, 15) is 0 Å². The van der Waals surface area contributed by atoms with Gasteiger partial charge in [-0.3, -0.25) is 0 Å². The van der Waals surface area contributed by atoms with Gasteiger partial charge in [-0.15, -0.1) is 0 Å². The van der Waals surface area contributed by atoms with Gasteiger partial charge in [0.1, 0.15) is 0 Å². The zero-order valence-corrected chi connectivity index (χ0v) is 9.74. The molecule has 3 nitrogen and oxygen atoms in total. The van der Waals surface area contributed by atoms with E-state index in [1.165, 1.54) is 18.5 Å². The summed E-state index contributed by atoms with van der Waals surface area (Å²) in [4.78, 5) is 4.23. The Labute approximate surface area is 91.9 Å². The van der Waals surface area contributed by atoms with E-state index in [1.54, 1.807) is 0 Å². The Morgan fingerprint density at radius 3 is 3.07 bits per heavy atom. The first-order chi connectivity index (χ1) is 7.31. The highest BCUT2D eigenvalue weighted by Crippen LogP contribution is 2.39. The molecule has 2 rings (SSSR count). The van der Waals surface area contributed by atoms with Gasteiger partial charge in [0.2, 0.25) is 0 Å². The van der Waals surface area contributed by atoms with E-state index in [2.05, 4.69) is 28.7 Å². The Balaban J connectivity index is 1.84. The van der Waals surface area contributed by atoms with Crippen LogP contribution >= 0.6 is 0 Å². The highest BCUT2D eigenvalue weighted by Gasteiger charge is 2.32. The lowest BCUT2D eigenvalue weighted by Gasteiger charge is -2.08. The van der Waals surface area contributed by atoms with E-state index < -0.39 is 0 Å². The van der Waals surface area contributed by atoms with Gasteiger partial charge in [0, 0.05) is 19.3 Å². The van der Waals surface area contributed by atoms with Crippen LogP contribution in [0.25, 0.3) is 0 Å². The fourth-order valence-corrected chi connectivity index (χ4v) is 1.96. The summed E-state index contributed by atoms with van der Waals surface area (Å²) in [6, 6.07) is 0. The predicted octanol–water partition coefficient (Wildman–Crippen LogP) is 2.04. The van der Waals surface area contributed by atoms with E-state index in [-0.39, 0.29) is 0 Å². The summed E-state index contributed by atoms with van der Waals surface area (Å²) in [7, 11) is 0. The van der Waals surface area contributed by atoms with Crippen LogP contribution in [0.15, 0.2) is 12.5 Å². The minimum atomic E-state index is 0.893. The van der Waals surface area contributed by atoms with Gasteiger partial charge in [0.15, 0.2) is 0 Å². The van der Waals surface area contributed by atoms with Crippen LogP contribution in [0.4, 0.5) is 0 Å². The number of imidazole rings is 1. The second-order valence-corrected chi connectivity index (χ2v) is 4.69. The third-order valence-corrected chi connectivity index (χ3v) is 3.24. The Kier molecular flexibility index (Phi) is 3.41. The van der Waals surface area contributed by atoms with Gasteiger partial charge in [-0.05, 0) is 31.2 Å². The van der Waals surface area contributed by atoms with E-state index in [0.29, 0.717) is 0 Å². The summed E-state index contributed by atoms with van der Waals surface area (Å²) < 4.78 is 2.30. The van der Waals surface area contributed by atoms with Gasteiger partial charge in [-0.25, -0.2) is 4.98 Å². The molecular weight excluding hydrogens is 186 g/mol. The third-order valence-electron chi connectivity index (χ3n) is 3.24. The maximum absolute atomic E-state index is 4.23. The maximum Gasteiger partial charge on any atom is 0.0948 e. The molecular formula is C12H21N3. The van der Waals surface area contributed by atoms with E-state index in [1.807, 2.05) is 12.5 Å². The zero-order valence-electron chi connectivity index (χ0n) is 9.74. The lowest BCUT2D eigenvalue weighted by Crippen LogP contribution is -2.17. The van der Waals surface area contributed by atoms with E-state index >= 15 is 0 Å². The van der Waals surface area contributed by atoms with Crippen LogP contribution in [0.5, 0.6) is 0 Å². The van der Waals surface area contributed by atoms with Crippen molar-refractivity contribution >= 4 is 0 Å².